The summed E-state index contributed by atoms with van der Waals surface area (Å²) in [6.07, 6.45) is 1.96. The fourth-order valence-electron chi connectivity index (χ4n) is 2.53. The number of nitro benzene ring substituents is 1. The molecule has 0 saturated carbocycles. The molecule has 7 heteroatoms. The van der Waals surface area contributed by atoms with Crippen molar-refractivity contribution in [1.82, 2.24) is 10.2 Å². The third kappa shape index (κ3) is 4.41. The van der Waals surface area contributed by atoms with Crippen LogP contribution in [0.1, 0.15) is 18.4 Å². The number of rotatable bonds is 4. The van der Waals surface area contributed by atoms with Crippen LogP contribution < -0.4 is 5.32 Å². The number of nitro groups is 1. The second kappa shape index (κ2) is 7.95. The number of para-hydroxylation sites is 1. The van der Waals surface area contributed by atoms with Gasteiger partial charge in [-0.3, -0.25) is 14.9 Å². The first-order chi connectivity index (χ1) is 9.61. The monoisotopic (exact) mass is 313 g/mol. The SMILES string of the molecule is CNC1CCN(C(=O)Cc2ccccc2[N+](=O)[O-])CC1.Cl. The Bertz CT molecular complexity index is 502. The average molecular weight is 314 g/mol. The molecule has 1 amide bonds. The summed E-state index contributed by atoms with van der Waals surface area (Å²) < 4.78 is 0. The molecule has 1 N–H and O–H groups in total. The average Bonchev–Trinajstić information content (AvgIpc) is 2.47. The normalized spacial score (nSPS) is 15.4. The van der Waals surface area contributed by atoms with Gasteiger partial charge in [-0.05, 0) is 19.9 Å². The van der Waals surface area contributed by atoms with E-state index >= 15 is 0 Å². The number of benzene rings is 1. The number of piperidine rings is 1. The molecule has 2 rings (SSSR count). The molecule has 0 atom stereocenters. The topological polar surface area (TPSA) is 75.5 Å². The van der Waals surface area contributed by atoms with E-state index in [4.69, 9.17) is 0 Å². The summed E-state index contributed by atoms with van der Waals surface area (Å²) in [5, 5.41) is 14.1. The van der Waals surface area contributed by atoms with Crippen LogP contribution in [0, 0.1) is 10.1 Å². The van der Waals surface area contributed by atoms with Gasteiger partial charge in [-0.1, -0.05) is 18.2 Å². The lowest BCUT2D eigenvalue weighted by molar-refractivity contribution is -0.385. The maximum atomic E-state index is 12.2. The van der Waals surface area contributed by atoms with Crippen LogP contribution in [0.25, 0.3) is 0 Å². The summed E-state index contributed by atoms with van der Waals surface area (Å²) in [7, 11) is 1.93. The van der Waals surface area contributed by atoms with E-state index in [1.807, 2.05) is 7.05 Å². The van der Waals surface area contributed by atoms with Gasteiger partial charge in [0, 0.05) is 30.8 Å². The standard InChI is InChI=1S/C14H19N3O3.ClH/c1-15-12-6-8-16(9-7-12)14(18)10-11-4-2-3-5-13(11)17(19)20;/h2-5,12,15H,6-10H2,1H3;1H. The maximum absolute atomic E-state index is 12.2. The molecule has 0 spiro atoms. The number of amides is 1. The molecule has 1 aliphatic heterocycles. The first kappa shape index (κ1) is 17.4. The van der Waals surface area contributed by atoms with E-state index in [-0.39, 0.29) is 30.4 Å². The van der Waals surface area contributed by atoms with Crippen molar-refractivity contribution in [3.63, 3.8) is 0 Å². The van der Waals surface area contributed by atoms with Crippen molar-refractivity contribution in [2.24, 2.45) is 0 Å². The van der Waals surface area contributed by atoms with Crippen LogP contribution in [-0.4, -0.2) is 41.9 Å². The molecule has 1 heterocycles. The van der Waals surface area contributed by atoms with Crippen LogP contribution in [0.3, 0.4) is 0 Å². The van der Waals surface area contributed by atoms with E-state index in [0.717, 1.165) is 12.8 Å². The van der Waals surface area contributed by atoms with Crippen molar-refractivity contribution >= 4 is 24.0 Å². The smallest absolute Gasteiger partial charge is 0.273 e. The van der Waals surface area contributed by atoms with Gasteiger partial charge in [0.05, 0.1) is 11.3 Å². The Hall–Kier alpha value is -1.66. The van der Waals surface area contributed by atoms with E-state index in [1.165, 1.54) is 6.07 Å². The summed E-state index contributed by atoms with van der Waals surface area (Å²) in [4.78, 5) is 24.5. The molecule has 1 saturated heterocycles. The third-order valence-electron chi connectivity index (χ3n) is 3.79. The van der Waals surface area contributed by atoms with Crippen molar-refractivity contribution < 1.29 is 9.72 Å². The second-order valence-corrected chi connectivity index (χ2v) is 5.01. The minimum absolute atomic E-state index is 0. The first-order valence-corrected chi connectivity index (χ1v) is 6.79. The fraction of sp³-hybridized carbons (Fsp3) is 0.500. The molecule has 1 aromatic carbocycles. The first-order valence-electron chi connectivity index (χ1n) is 6.79. The Labute approximate surface area is 130 Å². The van der Waals surface area contributed by atoms with Crippen molar-refractivity contribution in [3.8, 4) is 0 Å². The van der Waals surface area contributed by atoms with Crippen molar-refractivity contribution in [3.05, 3.63) is 39.9 Å². The molecule has 0 aromatic heterocycles. The number of hydrogen-bond acceptors (Lipinski definition) is 4. The highest BCUT2D eigenvalue weighted by molar-refractivity contribution is 5.85. The summed E-state index contributed by atoms with van der Waals surface area (Å²) in [6, 6.07) is 6.89. The molecule has 1 fully saturated rings. The molecule has 1 aliphatic rings. The Morgan fingerprint density at radius 3 is 2.57 bits per heavy atom. The number of nitrogens with zero attached hydrogens (tertiary/aromatic N) is 2. The Morgan fingerprint density at radius 2 is 2.00 bits per heavy atom. The number of carbonyl (C=O) groups is 1. The Kier molecular flexibility index (Phi) is 6.58. The van der Waals surface area contributed by atoms with Gasteiger partial charge in [-0.15, -0.1) is 12.4 Å². The van der Waals surface area contributed by atoms with Gasteiger partial charge in [-0.25, -0.2) is 0 Å². The van der Waals surface area contributed by atoms with Crippen LogP contribution in [0.15, 0.2) is 24.3 Å². The minimum Gasteiger partial charge on any atom is -0.342 e. The Morgan fingerprint density at radius 1 is 1.38 bits per heavy atom. The summed E-state index contributed by atoms with van der Waals surface area (Å²) in [5.41, 5.74) is 0.504. The largest absolute Gasteiger partial charge is 0.342 e. The van der Waals surface area contributed by atoms with Crippen LogP contribution in [-0.2, 0) is 11.2 Å². The maximum Gasteiger partial charge on any atom is 0.273 e. The van der Waals surface area contributed by atoms with E-state index in [2.05, 4.69) is 5.32 Å². The van der Waals surface area contributed by atoms with Crippen molar-refractivity contribution in [2.45, 2.75) is 25.3 Å². The molecule has 21 heavy (non-hydrogen) atoms. The number of halogens is 1. The molecular weight excluding hydrogens is 294 g/mol. The number of hydrogen-bond donors (Lipinski definition) is 1. The molecule has 0 aliphatic carbocycles. The lowest BCUT2D eigenvalue weighted by atomic mass is 10.0. The molecule has 116 valence electrons. The lowest BCUT2D eigenvalue weighted by Gasteiger charge is -2.31. The summed E-state index contributed by atoms with van der Waals surface area (Å²) in [6.45, 7) is 1.43. The van der Waals surface area contributed by atoms with Crippen LogP contribution in [0.4, 0.5) is 5.69 Å². The number of nitrogens with one attached hydrogen (secondary N) is 1. The van der Waals surface area contributed by atoms with Gasteiger partial charge in [0.2, 0.25) is 5.91 Å². The number of carbonyl (C=O) groups excluding carboxylic acids is 1. The zero-order valence-corrected chi connectivity index (χ0v) is 12.8. The molecule has 6 nitrogen and oxygen atoms in total. The van der Waals surface area contributed by atoms with Crippen LogP contribution >= 0.6 is 12.4 Å². The zero-order valence-electron chi connectivity index (χ0n) is 11.9. The lowest BCUT2D eigenvalue weighted by Crippen LogP contribution is -2.44. The van der Waals surface area contributed by atoms with Gasteiger partial charge in [0.1, 0.15) is 0 Å². The molecule has 0 radical (unpaired) electrons. The predicted molar refractivity (Wildman–Crippen MR) is 82.7 cm³/mol. The van der Waals surface area contributed by atoms with E-state index in [0.29, 0.717) is 24.7 Å². The van der Waals surface area contributed by atoms with Gasteiger partial charge in [0.15, 0.2) is 0 Å². The van der Waals surface area contributed by atoms with Crippen LogP contribution in [0.5, 0.6) is 0 Å². The highest BCUT2D eigenvalue weighted by Crippen LogP contribution is 2.20. The van der Waals surface area contributed by atoms with Crippen LogP contribution in [0.2, 0.25) is 0 Å². The molecule has 0 bridgehead atoms. The number of likely N-dealkylation sites (tertiary alicyclic amines) is 1. The minimum atomic E-state index is -0.435. The van der Waals surface area contributed by atoms with E-state index in [9.17, 15) is 14.9 Å². The quantitative estimate of drug-likeness (QED) is 0.679. The van der Waals surface area contributed by atoms with E-state index in [1.54, 1.807) is 23.1 Å². The van der Waals surface area contributed by atoms with Crippen molar-refractivity contribution in [2.75, 3.05) is 20.1 Å². The van der Waals surface area contributed by atoms with E-state index < -0.39 is 4.92 Å². The molecular formula is C14H20ClN3O3. The van der Waals surface area contributed by atoms with Gasteiger partial charge >= 0.3 is 0 Å². The summed E-state index contributed by atoms with van der Waals surface area (Å²) >= 11 is 0. The second-order valence-electron chi connectivity index (χ2n) is 5.01. The molecule has 0 unspecified atom stereocenters. The molecule has 1 aromatic rings. The van der Waals surface area contributed by atoms with Crippen molar-refractivity contribution in [1.29, 1.82) is 0 Å². The predicted octanol–water partition coefficient (Wildman–Crippen LogP) is 1.77. The third-order valence-corrected chi connectivity index (χ3v) is 3.79. The highest BCUT2D eigenvalue weighted by Gasteiger charge is 2.23. The van der Waals surface area contributed by atoms with Gasteiger partial charge in [0.25, 0.3) is 5.69 Å². The summed E-state index contributed by atoms with van der Waals surface area (Å²) in [5.74, 6) is -0.0335. The zero-order chi connectivity index (χ0) is 14.5. The highest BCUT2D eigenvalue weighted by atomic mass is 35.5. The van der Waals surface area contributed by atoms with Gasteiger partial charge in [-0.2, -0.15) is 0 Å². The van der Waals surface area contributed by atoms with Gasteiger partial charge < -0.3 is 10.2 Å². The fourth-order valence-corrected chi connectivity index (χ4v) is 2.53. The Balaban J connectivity index is 0.00000220.